The highest BCUT2D eigenvalue weighted by atomic mass is 16.5. The van der Waals surface area contributed by atoms with Crippen LogP contribution >= 0.6 is 0 Å². The maximum Gasteiger partial charge on any atom is 0.315 e. The van der Waals surface area contributed by atoms with Gasteiger partial charge in [-0.1, -0.05) is 20.3 Å². The van der Waals surface area contributed by atoms with Crippen molar-refractivity contribution in [1.82, 2.24) is 10.6 Å². The molecule has 3 N–H and O–H groups in total. The van der Waals surface area contributed by atoms with E-state index in [1.165, 1.54) is 12.8 Å². The Balaban J connectivity index is 1.56. The zero-order valence-corrected chi connectivity index (χ0v) is 12.7. The molecule has 20 heavy (non-hydrogen) atoms. The van der Waals surface area contributed by atoms with Crippen LogP contribution in [0.2, 0.25) is 0 Å². The van der Waals surface area contributed by atoms with Crippen LogP contribution in [0.5, 0.6) is 0 Å². The smallest absolute Gasteiger partial charge is 0.315 e. The summed E-state index contributed by atoms with van der Waals surface area (Å²) in [7, 11) is 0. The molecule has 2 amide bonds. The molecule has 0 aromatic rings. The number of aliphatic hydroxyl groups is 1. The Kier molecular flexibility index (Phi) is 5.27. The molecule has 0 aliphatic heterocycles. The number of rotatable bonds is 7. The first-order chi connectivity index (χ1) is 9.47. The Hall–Kier alpha value is -0.810. The van der Waals surface area contributed by atoms with Crippen molar-refractivity contribution in [3.8, 4) is 0 Å². The molecule has 2 atom stereocenters. The van der Waals surface area contributed by atoms with Gasteiger partial charge in [-0.2, -0.15) is 0 Å². The number of hydrogen-bond acceptors (Lipinski definition) is 3. The van der Waals surface area contributed by atoms with Crippen LogP contribution in [0.3, 0.4) is 0 Å². The molecule has 0 bridgehead atoms. The minimum atomic E-state index is -0.629. The lowest BCUT2D eigenvalue weighted by Crippen LogP contribution is -2.48. The van der Waals surface area contributed by atoms with Crippen LogP contribution in [0.4, 0.5) is 4.79 Å². The molecule has 5 heteroatoms. The molecule has 2 aliphatic carbocycles. The maximum atomic E-state index is 11.8. The number of nitrogens with one attached hydrogen (secondary N) is 2. The third-order valence-electron chi connectivity index (χ3n) is 4.42. The van der Waals surface area contributed by atoms with Crippen molar-refractivity contribution >= 4 is 6.03 Å². The summed E-state index contributed by atoms with van der Waals surface area (Å²) in [5.74, 6) is 0.697. The van der Waals surface area contributed by atoms with Crippen LogP contribution in [0, 0.1) is 11.3 Å². The third-order valence-corrected chi connectivity index (χ3v) is 4.42. The molecule has 2 aliphatic rings. The van der Waals surface area contributed by atoms with E-state index in [1.54, 1.807) is 0 Å². The van der Waals surface area contributed by atoms with Crippen LogP contribution in [-0.4, -0.2) is 43.0 Å². The van der Waals surface area contributed by atoms with E-state index in [9.17, 15) is 9.90 Å². The van der Waals surface area contributed by atoms with E-state index in [0.29, 0.717) is 12.5 Å². The lowest BCUT2D eigenvalue weighted by atomic mass is 9.87. The standard InChI is InChI=1S/C15H28N2O3/c1-15(2)7-3-4-13(15)17-14(19)16-8-12(18)10-20-9-11-5-6-11/h11-13,18H,3-10H2,1-2H3,(H2,16,17,19). The fourth-order valence-electron chi connectivity index (χ4n) is 2.73. The number of carbonyl (C=O) groups excluding carboxylic acids is 1. The van der Waals surface area contributed by atoms with Gasteiger partial charge in [0.25, 0.3) is 0 Å². The highest BCUT2D eigenvalue weighted by Gasteiger charge is 2.35. The number of aliphatic hydroxyl groups excluding tert-OH is 1. The Bertz CT molecular complexity index is 329. The first-order valence-electron chi connectivity index (χ1n) is 7.77. The fraction of sp³-hybridized carbons (Fsp3) is 0.933. The minimum absolute atomic E-state index is 0.170. The first-order valence-corrected chi connectivity index (χ1v) is 7.77. The topological polar surface area (TPSA) is 70.6 Å². The largest absolute Gasteiger partial charge is 0.389 e. The first kappa shape index (κ1) is 15.6. The van der Waals surface area contributed by atoms with E-state index in [1.807, 2.05) is 0 Å². The molecule has 2 unspecified atom stereocenters. The van der Waals surface area contributed by atoms with Crippen molar-refractivity contribution < 1.29 is 14.6 Å². The van der Waals surface area contributed by atoms with Crippen molar-refractivity contribution in [2.75, 3.05) is 19.8 Å². The quantitative estimate of drug-likeness (QED) is 0.666. The number of amides is 2. The summed E-state index contributed by atoms with van der Waals surface area (Å²) < 4.78 is 5.40. The van der Waals surface area contributed by atoms with Crippen molar-refractivity contribution in [3.05, 3.63) is 0 Å². The van der Waals surface area contributed by atoms with Gasteiger partial charge in [0.05, 0.1) is 12.7 Å². The molecule has 0 spiro atoms. The molecule has 5 nitrogen and oxygen atoms in total. The molecule has 2 saturated carbocycles. The Labute approximate surface area is 121 Å². The van der Waals surface area contributed by atoms with E-state index in [-0.39, 0.29) is 24.0 Å². The number of urea groups is 1. The number of hydrogen-bond donors (Lipinski definition) is 3. The van der Waals surface area contributed by atoms with Gasteiger partial charge in [-0.25, -0.2) is 4.79 Å². The van der Waals surface area contributed by atoms with Crippen molar-refractivity contribution in [3.63, 3.8) is 0 Å². The highest BCUT2D eigenvalue weighted by molar-refractivity contribution is 5.74. The molecule has 0 heterocycles. The van der Waals surface area contributed by atoms with Gasteiger partial charge < -0.3 is 20.5 Å². The molecule has 2 rings (SSSR count). The van der Waals surface area contributed by atoms with E-state index >= 15 is 0 Å². The lowest BCUT2D eigenvalue weighted by Gasteiger charge is -2.28. The summed E-state index contributed by atoms with van der Waals surface area (Å²) in [6.07, 6.45) is 5.21. The summed E-state index contributed by atoms with van der Waals surface area (Å²) >= 11 is 0. The zero-order chi connectivity index (χ0) is 14.6. The average molecular weight is 284 g/mol. The minimum Gasteiger partial charge on any atom is -0.389 e. The van der Waals surface area contributed by atoms with Crippen molar-refractivity contribution in [1.29, 1.82) is 0 Å². The van der Waals surface area contributed by atoms with Crippen LogP contribution in [0.15, 0.2) is 0 Å². The summed E-state index contributed by atoms with van der Waals surface area (Å²) in [4.78, 5) is 11.8. The predicted molar refractivity (Wildman–Crippen MR) is 77.5 cm³/mol. The van der Waals surface area contributed by atoms with E-state index < -0.39 is 6.10 Å². The number of carbonyl (C=O) groups is 1. The van der Waals surface area contributed by atoms with Crippen LogP contribution in [-0.2, 0) is 4.74 Å². The second-order valence-electron chi connectivity index (χ2n) is 6.92. The predicted octanol–water partition coefficient (Wildman–Crippen LogP) is 1.65. The summed E-state index contributed by atoms with van der Waals surface area (Å²) in [6, 6.07) is 0.0389. The SMILES string of the molecule is CC1(C)CCCC1NC(=O)NCC(O)COCC1CC1. The van der Waals surface area contributed by atoms with Crippen molar-refractivity contribution in [2.24, 2.45) is 11.3 Å². The molecular formula is C15H28N2O3. The van der Waals surface area contributed by atoms with E-state index in [2.05, 4.69) is 24.5 Å². The van der Waals surface area contributed by atoms with Gasteiger partial charge in [0.15, 0.2) is 0 Å². The summed E-state index contributed by atoms with van der Waals surface area (Å²) in [5, 5.41) is 15.5. The molecule has 0 aromatic heterocycles. The van der Waals surface area contributed by atoms with Gasteiger partial charge >= 0.3 is 6.03 Å². The molecule has 116 valence electrons. The molecule has 2 fully saturated rings. The average Bonchev–Trinajstić information content (AvgIpc) is 3.13. The third kappa shape index (κ3) is 4.94. The number of ether oxygens (including phenoxy) is 1. The van der Waals surface area contributed by atoms with Gasteiger partial charge in [-0.15, -0.1) is 0 Å². The van der Waals surface area contributed by atoms with Crippen molar-refractivity contribution in [2.45, 2.75) is 58.1 Å². The molecule has 0 aromatic carbocycles. The maximum absolute atomic E-state index is 11.8. The van der Waals surface area contributed by atoms with Gasteiger partial charge in [0.2, 0.25) is 0 Å². The van der Waals surface area contributed by atoms with Gasteiger partial charge in [0.1, 0.15) is 0 Å². The molecular weight excluding hydrogens is 256 g/mol. The van der Waals surface area contributed by atoms with E-state index in [4.69, 9.17) is 4.74 Å². The van der Waals surface area contributed by atoms with E-state index in [0.717, 1.165) is 25.9 Å². The molecule has 0 saturated heterocycles. The normalized spacial score (nSPS) is 26.2. The highest BCUT2D eigenvalue weighted by Crippen LogP contribution is 2.37. The zero-order valence-electron chi connectivity index (χ0n) is 12.7. The lowest BCUT2D eigenvalue weighted by molar-refractivity contribution is 0.0336. The second-order valence-corrected chi connectivity index (χ2v) is 6.92. The molecule has 0 radical (unpaired) electrons. The Morgan fingerprint density at radius 2 is 2.15 bits per heavy atom. The monoisotopic (exact) mass is 284 g/mol. The van der Waals surface area contributed by atoms with Gasteiger partial charge in [-0.05, 0) is 37.0 Å². The second kappa shape index (κ2) is 6.76. The summed E-state index contributed by atoms with van der Waals surface area (Å²) in [6.45, 7) is 5.64. The Morgan fingerprint density at radius 1 is 1.40 bits per heavy atom. The van der Waals surface area contributed by atoms with Crippen LogP contribution < -0.4 is 10.6 Å². The Morgan fingerprint density at radius 3 is 2.75 bits per heavy atom. The van der Waals surface area contributed by atoms with Gasteiger partial charge in [0, 0.05) is 19.2 Å². The fourth-order valence-corrected chi connectivity index (χ4v) is 2.73. The van der Waals surface area contributed by atoms with Crippen LogP contribution in [0.25, 0.3) is 0 Å². The van der Waals surface area contributed by atoms with Crippen LogP contribution in [0.1, 0.15) is 46.0 Å². The summed E-state index contributed by atoms with van der Waals surface area (Å²) in [5.41, 5.74) is 0.170. The van der Waals surface area contributed by atoms with Gasteiger partial charge in [-0.3, -0.25) is 0 Å².